The highest BCUT2D eigenvalue weighted by atomic mass is 19.4. The molecule has 1 rings (SSSR count). The highest BCUT2D eigenvalue weighted by molar-refractivity contribution is 5.16. The summed E-state index contributed by atoms with van der Waals surface area (Å²) in [5.74, 6) is 0. The number of hydrogen-bond donors (Lipinski definition) is 0. The smallest absolute Gasteiger partial charge is 0.370 e. The van der Waals surface area contributed by atoms with Crippen LogP contribution >= 0.6 is 0 Å². The third-order valence-corrected chi connectivity index (χ3v) is 2.89. The van der Waals surface area contributed by atoms with Crippen molar-refractivity contribution in [2.45, 2.75) is 39.3 Å². The lowest BCUT2D eigenvalue weighted by Gasteiger charge is -2.24. The molecular formula is C13H20F3NO. The van der Waals surface area contributed by atoms with Crippen LogP contribution in [0.1, 0.15) is 33.1 Å². The van der Waals surface area contributed by atoms with Crippen LogP contribution in [-0.4, -0.2) is 30.8 Å². The first-order chi connectivity index (χ1) is 8.44. The van der Waals surface area contributed by atoms with E-state index in [1.54, 1.807) is 0 Å². The van der Waals surface area contributed by atoms with Crippen LogP contribution < -0.4 is 0 Å². The summed E-state index contributed by atoms with van der Waals surface area (Å²) < 4.78 is 40.4. The Labute approximate surface area is 106 Å². The van der Waals surface area contributed by atoms with Crippen molar-refractivity contribution in [3.8, 4) is 0 Å². The Kier molecular flexibility index (Phi) is 5.72. The third-order valence-electron chi connectivity index (χ3n) is 2.89. The first kappa shape index (κ1) is 15.1. The zero-order valence-corrected chi connectivity index (χ0v) is 10.9. The number of rotatable bonds is 5. The van der Waals surface area contributed by atoms with Crippen LogP contribution in [-0.2, 0) is 4.74 Å². The number of hydrogen-bond acceptors (Lipinski definition) is 2. The average molecular weight is 263 g/mol. The van der Waals surface area contributed by atoms with E-state index in [4.69, 9.17) is 0 Å². The molecule has 0 aliphatic carbocycles. The van der Waals surface area contributed by atoms with Crippen molar-refractivity contribution in [3.05, 3.63) is 23.5 Å². The molecule has 0 unspecified atom stereocenters. The Morgan fingerprint density at radius 2 is 2.11 bits per heavy atom. The van der Waals surface area contributed by atoms with E-state index in [0.717, 1.165) is 19.3 Å². The van der Waals surface area contributed by atoms with Crippen molar-refractivity contribution >= 4 is 0 Å². The monoisotopic (exact) mass is 263 g/mol. The molecule has 1 heterocycles. The van der Waals surface area contributed by atoms with E-state index >= 15 is 0 Å². The van der Waals surface area contributed by atoms with Crippen LogP contribution in [0.3, 0.4) is 0 Å². The Morgan fingerprint density at radius 3 is 2.72 bits per heavy atom. The van der Waals surface area contributed by atoms with Crippen molar-refractivity contribution in [1.82, 2.24) is 4.90 Å². The molecule has 0 saturated carbocycles. The summed E-state index contributed by atoms with van der Waals surface area (Å²) in [7, 11) is 0. The first-order valence-electron chi connectivity index (χ1n) is 6.20. The highest BCUT2D eigenvalue weighted by Crippen LogP contribution is 2.22. The van der Waals surface area contributed by atoms with Crippen molar-refractivity contribution in [2.24, 2.45) is 0 Å². The van der Waals surface area contributed by atoms with Gasteiger partial charge in [-0.3, -0.25) is 0 Å². The summed E-state index contributed by atoms with van der Waals surface area (Å²) in [6.45, 7) is 3.51. The minimum Gasteiger partial charge on any atom is -0.370 e. The lowest BCUT2D eigenvalue weighted by atomic mass is 10.1. The van der Waals surface area contributed by atoms with E-state index < -0.39 is 12.8 Å². The molecule has 1 aliphatic heterocycles. The SMILES string of the molecule is CCC1=C(C)CCC=CN1CCOCC(F)(F)F. The predicted molar refractivity (Wildman–Crippen MR) is 64.9 cm³/mol. The van der Waals surface area contributed by atoms with Gasteiger partial charge in [0, 0.05) is 12.2 Å². The van der Waals surface area contributed by atoms with Crippen molar-refractivity contribution in [3.63, 3.8) is 0 Å². The number of allylic oxidation sites excluding steroid dienone is 3. The fraction of sp³-hybridized carbons (Fsp3) is 0.692. The normalized spacial score (nSPS) is 17.3. The Bertz CT molecular complexity index is 321. The molecule has 1 aliphatic rings. The van der Waals surface area contributed by atoms with E-state index in [1.165, 1.54) is 11.3 Å². The number of alkyl halides is 3. The molecule has 0 spiro atoms. The largest absolute Gasteiger partial charge is 0.411 e. The van der Waals surface area contributed by atoms with E-state index in [9.17, 15) is 13.2 Å². The molecule has 0 bridgehead atoms. The van der Waals surface area contributed by atoms with E-state index in [2.05, 4.69) is 24.7 Å². The van der Waals surface area contributed by atoms with Gasteiger partial charge in [-0.15, -0.1) is 0 Å². The Balaban J connectivity index is 2.46. The van der Waals surface area contributed by atoms with Gasteiger partial charge < -0.3 is 9.64 Å². The van der Waals surface area contributed by atoms with Crippen LogP contribution in [0.2, 0.25) is 0 Å². The lowest BCUT2D eigenvalue weighted by molar-refractivity contribution is -0.174. The Hall–Kier alpha value is -0.970. The second-order valence-corrected chi connectivity index (χ2v) is 4.37. The van der Waals surface area contributed by atoms with Gasteiger partial charge in [0.1, 0.15) is 6.61 Å². The molecule has 0 amide bonds. The molecule has 5 heteroatoms. The highest BCUT2D eigenvalue weighted by Gasteiger charge is 2.27. The summed E-state index contributed by atoms with van der Waals surface area (Å²) in [5.41, 5.74) is 2.50. The molecule has 18 heavy (non-hydrogen) atoms. The van der Waals surface area contributed by atoms with Gasteiger partial charge in [0.05, 0.1) is 6.61 Å². The minimum atomic E-state index is -4.24. The predicted octanol–water partition coefficient (Wildman–Crippen LogP) is 3.86. The van der Waals surface area contributed by atoms with Gasteiger partial charge in [-0.05, 0) is 32.4 Å². The average Bonchev–Trinajstić information content (AvgIpc) is 2.45. The van der Waals surface area contributed by atoms with Gasteiger partial charge in [0.2, 0.25) is 0 Å². The van der Waals surface area contributed by atoms with Gasteiger partial charge in [-0.1, -0.05) is 18.6 Å². The van der Waals surface area contributed by atoms with Gasteiger partial charge in [0.25, 0.3) is 0 Å². The number of nitrogens with zero attached hydrogens (tertiary/aromatic N) is 1. The van der Waals surface area contributed by atoms with Crippen LogP contribution in [0, 0.1) is 0 Å². The zero-order valence-electron chi connectivity index (χ0n) is 10.9. The third kappa shape index (κ3) is 5.12. The lowest BCUT2D eigenvalue weighted by Crippen LogP contribution is -2.25. The summed E-state index contributed by atoms with van der Waals surface area (Å²) in [5, 5.41) is 0. The summed E-state index contributed by atoms with van der Waals surface area (Å²) in [4.78, 5) is 2.00. The fourth-order valence-electron chi connectivity index (χ4n) is 2.05. The van der Waals surface area contributed by atoms with Crippen molar-refractivity contribution in [1.29, 1.82) is 0 Å². The molecule has 0 fully saturated rings. The standard InChI is InChI=1S/C13H20F3NO/c1-3-12-11(2)6-4-5-7-17(12)8-9-18-10-13(14,15)16/h5,7H,3-4,6,8-10H2,1-2H3. The number of halogens is 3. The second kappa shape index (κ2) is 6.83. The molecule has 2 nitrogen and oxygen atoms in total. The van der Waals surface area contributed by atoms with Gasteiger partial charge in [-0.2, -0.15) is 13.2 Å². The molecule has 0 N–H and O–H groups in total. The maximum Gasteiger partial charge on any atom is 0.411 e. The van der Waals surface area contributed by atoms with Crippen LogP contribution in [0.25, 0.3) is 0 Å². The summed E-state index contributed by atoms with van der Waals surface area (Å²) in [6.07, 6.45) is 2.64. The van der Waals surface area contributed by atoms with Crippen LogP contribution in [0.4, 0.5) is 13.2 Å². The quantitative estimate of drug-likeness (QED) is 0.698. The minimum absolute atomic E-state index is 0.0840. The van der Waals surface area contributed by atoms with Gasteiger partial charge >= 0.3 is 6.18 Å². The van der Waals surface area contributed by atoms with E-state index in [0.29, 0.717) is 6.54 Å². The molecule has 0 saturated heterocycles. The first-order valence-corrected chi connectivity index (χ1v) is 6.20. The molecular weight excluding hydrogens is 243 g/mol. The molecule has 0 aromatic carbocycles. The summed E-state index contributed by atoms with van der Waals surface area (Å²) in [6, 6.07) is 0. The topological polar surface area (TPSA) is 12.5 Å². The van der Waals surface area contributed by atoms with Crippen LogP contribution in [0.5, 0.6) is 0 Å². The fourth-order valence-corrected chi connectivity index (χ4v) is 2.05. The van der Waals surface area contributed by atoms with Crippen LogP contribution in [0.15, 0.2) is 23.5 Å². The molecule has 0 radical (unpaired) electrons. The van der Waals surface area contributed by atoms with E-state index in [-0.39, 0.29) is 6.61 Å². The van der Waals surface area contributed by atoms with Gasteiger partial charge in [-0.25, -0.2) is 0 Å². The number of ether oxygens (including phenoxy) is 1. The second-order valence-electron chi connectivity index (χ2n) is 4.37. The maximum absolute atomic E-state index is 11.9. The van der Waals surface area contributed by atoms with Crippen molar-refractivity contribution in [2.75, 3.05) is 19.8 Å². The van der Waals surface area contributed by atoms with Gasteiger partial charge in [0.15, 0.2) is 0 Å². The molecule has 0 aromatic heterocycles. The molecule has 0 atom stereocenters. The molecule has 0 aromatic rings. The maximum atomic E-state index is 11.9. The Morgan fingerprint density at radius 1 is 1.39 bits per heavy atom. The summed E-state index contributed by atoms with van der Waals surface area (Å²) >= 11 is 0. The molecule has 104 valence electrons. The zero-order chi connectivity index (χ0) is 13.6. The van der Waals surface area contributed by atoms with Crippen molar-refractivity contribution < 1.29 is 17.9 Å². The van der Waals surface area contributed by atoms with E-state index in [1.807, 2.05) is 11.1 Å².